The fraction of sp³-hybridized carbons (Fsp3) is 0.267. The van der Waals surface area contributed by atoms with Crippen LogP contribution in [0.4, 0.5) is 14.5 Å². The highest BCUT2D eigenvalue weighted by molar-refractivity contribution is 7.91. The molecule has 0 saturated carbocycles. The van der Waals surface area contributed by atoms with Crippen molar-refractivity contribution in [3.63, 3.8) is 0 Å². The summed E-state index contributed by atoms with van der Waals surface area (Å²) in [5.41, 5.74) is 0.208. The zero-order valence-electron chi connectivity index (χ0n) is 13.1. The molecule has 25 heavy (non-hydrogen) atoms. The van der Waals surface area contributed by atoms with Crippen LogP contribution in [0.25, 0.3) is 0 Å². The Morgan fingerprint density at radius 3 is 2.76 bits per heavy atom. The molecule has 134 valence electrons. The van der Waals surface area contributed by atoms with Gasteiger partial charge in [-0.05, 0) is 12.1 Å². The van der Waals surface area contributed by atoms with Gasteiger partial charge in [0.2, 0.25) is 0 Å². The van der Waals surface area contributed by atoms with Crippen LogP contribution in [0.3, 0.4) is 0 Å². The summed E-state index contributed by atoms with van der Waals surface area (Å²) in [4.78, 5) is 12.5. The molecule has 1 aliphatic heterocycles. The van der Waals surface area contributed by atoms with E-state index < -0.39 is 39.5 Å². The lowest BCUT2D eigenvalue weighted by atomic mass is 10.1. The summed E-state index contributed by atoms with van der Waals surface area (Å²) in [6.07, 6.45) is 0.0776. The molecule has 10 heteroatoms. The average molecular weight is 371 g/mol. The first-order chi connectivity index (χ1) is 11.7. The third-order valence-corrected chi connectivity index (χ3v) is 5.45. The first-order valence-electron chi connectivity index (χ1n) is 7.28. The summed E-state index contributed by atoms with van der Waals surface area (Å²) in [5.74, 6) is -3.31. The molecule has 2 heterocycles. The van der Waals surface area contributed by atoms with Gasteiger partial charge in [0.1, 0.15) is 17.8 Å². The molecule has 7 nitrogen and oxygen atoms in total. The summed E-state index contributed by atoms with van der Waals surface area (Å²) in [6, 6.07) is 2.88. The predicted molar refractivity (Wildman–Crippen MR) is 84.6 cm³/mol. The lowest BCUT2D eigenvalue weighted by molar-refractivity contribution is 0.101. The van der Waals surface area contributed by atoms with Gasteiger partial charge in [0.25, 0.3) is 5.91 Å². The van der Waals surface area contributed by atoms with Crippen molar-refractivity contribution < 1.29 is 27.1 Å². The van der Waals surface area contributed by atoms with Crippen LogP contribution in [0.2, 0.25) is 0 Å². The van der Waals surface area contributed by atoms with E-state index >= 15 is 0 Å². The third-order valence-electron chi connectivity index (χ3n) is 3.88. The van der Waals surface area contributed by atoms with Crippen LogP contribution >= 0.6 is 0 Å². The predicted octanol–water partition coefficient (Wildman–Crippen LogP) is 0.751. The zero-order chi connectivity index (χ0) is 18.4. The number of aryl methyl sites for hydroxylation is 1. The van der Waals surface area contributed by atoms with Crippen molar-refractivity contribution in [1.82, 2.24) is 9.88 Å². The maximum Gasteiger partial charge on any atom is 0.272 e. The first-order valence-corrected chi connectivity index (χ1v) is 8.93. The number of rotatable bonds is 2. The van der Waals surface area contributed by atoms with E-state index in [1.165, 1.54) is 23.9 Å². The molecular formula is C15H15F2N3O4S. The molecule has 0 fully saturated rings. The Morgan fingerprint density at radius 2 is 2.08 bits per heavy atom. The van der Waals surface area contributed by atoms with Gasteiger partial charge in [-0.2, -0.15) is 0 Å². The molecule has 1 unspecified atom stereocenters. The highest BCUT2D eigenvalue weighted by Crippen LogP contribution is 2.27. The van der Waals surface area contributed by atoms with E-state index in [-0.39, 0.29) is 28.3 Å². The van der Waals surface area contributed by atoms with E-state index in [2.05, 4.69) is 10.6 Å². The number of anilines is 1. The number of carbonyl (C=O) groups is 1. The molecule has 0 aliphatic carbocycles. The summed E-state index contributed by atoms with van der Waals surface area (Å²) in [6.45, 7) is 0. The van der Waals surface area contributed by atoms with Crippen molar-refractivity contribution in [2.45, 2.75) is 17.5 Å². The smallest absolute Gasteiger partial charge is 0.272 e. The van der Waals surface area contributed by atoms with Crippen LogP contribution in [-0.4, -0.2) is 36.1 Å². The van der Waals surface area contributed by atoms with Gasteiger partial charge >= 0.3 is 0 Å². The second-order valence-corrected chi connectivity index (χ2v) is 7.66. The Morgan fingerprint density at radius 1 is 1.36 bits per heavy atom. The Bertz CT molecular complexity index is 956. The largest absolute Gasteiger partial charge is 0.378 e. The number of amides is 1. The van der Waals surface area contributed by atoms with Crippen molar-refractivity contribution in [3.8, 4) is 0 Å². The van der Waals surface area contributed by atoms with Crippen LogP contribution in [0.15, 0.2) is 29.3 Å². The number of nitrogens with zero attached hydrogens (tertiary/aromatic N) is 1. The quantitative estimate of drug-likeness (QED) is 0.723. The van der Waals surface area contributed by atoms with Crippen LogP contribution in [-0.2, 0) is 23.3 Å². The number of carbonyl (C=O) groups excluding carboxylic acids is 1. The van der Waals surface area contributed by atoms with Crippen molar-refractivity contribution in [3.05, 3.63) is 47.3 Å². The van der Waals surface area contributed by atoms with Crippen LogP contribution < -0.4 is 10.6 Å². The molecule has 3 rings (SSSR count). The molecule has 1 aromatic heterocycles. The Kier molecular flexibility index (Phi) is 4.35. The van der Waals surface area contributed by atoms with Gasteiger partial charge in [0.15, 0.2) is 21.5 Å². The van der Waals surface area contributed by atoms with E-state index in [0.717, 1.165) is 12.1 Å². The van der Waals surface area contributed by atoms with Crippen LogP contribution in [0.5, 0.6) is 0 Å². The second kappa shape index (κ2) is 6.21. The Hall–Kier alpha value is -2.30. The molecule has 1 atom stereocenters. The second-order valence-electron chi connectivity index (χ2n) is 5.70. The Balaban J connectivity index is 2.01. The van der Waals surface area contributed by atoms with Crippen LogP contribution in [0, 0.1) is 11.6 Å². The molecule has 1 aliphatic rings. The summed E-state index contributed by atoms with van der Waals surface area (Å²) >= 11 is 0. The van der Waals surface area contributed by atoms with Gasteiger partial charge in [-0.15, -0.1) is 0 Å². The topological polar surface area (TPSA) is 100 Å². The van der Waals surface area contributed by atoms with Crippen LogP contribution in [0.1, 0.15) is 16.1 Å². The van der Waals surface area contributed by atoms with E-state index in [1.54, 1.807) is 0 Å². The number of sulfone groups is 1. The van der Waals surface area contributed by atoms with Gasteiger partial charge in [-0.3, -0.25) is 10.1 Å². The van der Waals surface area contributed by atoms with Gasteiger partial charge in [-0.1, -0.05) is 0 Å². The number of aliphatic hydroxyl groups is 1. The number of nitrogens with one attached hydrogen (secondary N) is 2. The van der Waals surface area contributed by atoms with E-state index in [0.29, 0.717) is 0 Å². The molecule has 0 saturated heterocycles. The highest BCUT2D eigenvalue weighted by atomic mass is 32.2. The summed E-state index contributed by atoms with van der Waals surface area (Å²) in [7, 11) is -2.22. The van der Waals surface area contributed by atoms with E-state index in [4.69, 9.17) is 0 Å². The van der Waals surface area contributed by atoms with Crippen molar-refractivity contribution in [2.75, 3.05) is 11.2 Å². The molecule has 0 bridgehead atoms. The molecule has 0 radical (unpaired) electrons. The molecule has 0 spiro atoms. The van der Waals surface area contributed by atoms with E-state index in [1.807, 2.05) is 0 Å². The number of halogens is 2. The van der Waals surface area contributed by atoms with E-state index in [9.17, 15) is 27.1 Å². The number of fused-ring (bicyclic) bond motifs is 1. The molecular weight excluding hydrogens is 356 g/mol. The van der Waals surface area contributed by atoms with Crippen molar-refractivity contribution in [2.24, 2.45) is 7.05 Å². The summed E-state index contributed by atoms with van der Waals surface area (Å²) < 4.78 is 52.1. The minimum Gasteiger partial charge on any atom is -0.378 e. The first kappa shape index (κ1) is 17.5. The maximum atomic E-state index is 13.3. The fourth-order valence-electron chi connectivity index (χ4n) is 2.72. The number of hydrogen-bond acceptors (Lipinski definition) is 5. The number of benzene rings is 1. The van der Waals surface area contributed by atoms with Gasteiger partial charge in [0, 0.05) is 37.0 Å². The van der Waals surface area contributed by atoms with Gasteiger partial charge in [-0.25, -0.2) is 17.2 Å². The lowest BCUT2D eigenvalue weighted by Gasteiger charge is -2.11. The average Bonchev–Trinajstić information content (AvgIpc) is 2.81. The monoisotopic (exact) mass is 371 g/mol. The normalized spacial score (nSPS) is 19.1. The summed E-state index contributed by atoms with van der Waals surface area (Å²) in [5, 5.41) is 14.7. The molecule has 2 aromatic rings. The fourth-order valence-corrected chi connectivity index (χ4v) is 4.17. The minimum atomic E-state index is -3.71. The zero-order valence-corrected chi connectivity index (χ0v) is 13.9. The maximum absolute atomic E-state index is 13.3. The highest BCUT2D eigenvalue weighted by Gasteiger charge is 2.32. The van der Waals surface area contributed by atoms with Gasteiger partial charge in [0.05, 0.1) is 4.90 Å². The molecule has 1 amide bonds. The molecule has 1 aromatic carbocycles. The lowest BCUT2D eigenvalue weighted by Crippen LogP contribution is -2.32. The number of aromatic nitrogens is 1. The standard InChI is InChI=1S/C15H15F2N3O4S/c1-20-6-12-9(5-13(21)18-7-25(12,23)24)14(20)15(22)19-8-2-3-10(16)11(17)4-8/h2-4,6,13,18,21H,5,7H2,1H3,(H,19,22). The Labute approximate surface area is 142 Å². The minimum absolute atomic E-state index is 0.0195. The third kappa shape index (κ3) is 3.28. The number of hydrogen-bond donors (Lipinski definition) is 3. The van der Waals surface area contributed by atoms with Crippen molar-refractivity contribution in [1.29, 1.82) is 0 Å². The van der Waals surface area contributed by atoms with Crippen molar-refractivity contribution >= 4 is 21.4 Å². The number of aliphatic hydroxyl groups excluding tert-OH is 1. The molecule has 3 N–H and O–H groups in total. The SMILES string of the molecule is Cn1cc2c(c1C(=O)Nc1ccc(F)c(F)c1)CC(O)NCS2(=O)=O. The van der Waals surface area contributed by atoms with Gasteiger partial charge < -0.3 is 15.0 Å².